The summed E-state index contributed by atoms with van der Waals surface area (Å²) in [5.41, 5.74) is 1.13. The molecule has 9 heteroatoms. The van der Waals surface area contributed by atoms with Crippen LogP contribution in [0.5, 0.6) is 0 Å². The molecule has 0 saturated carbocycles. The monoisotopic (exact) mass is 434 g/mol. The maximum Gasteiger partial charge on any atom is 0.243 e. The van der Waals surface area contributed by atoms with E-state index in [1.54, 1.807) is 19.1 Å². The van der Waals surface area contributed by atoms with Crippen molar-refractivity contribution in [2.45, 2.75) is 65.6 Å². The largest absolute Gasteiger partial charge is 0.350 e. The molecule has 8 nitrogen and oxygen atoms in total. The van der Waals surface area contributed by atoms with E-state index >= 15 is 0 Å². The van der Waals surface area contributed by atoms with Gasteiger partial charge in [-0.3, -0.25) is 19.2 Å². The highest BCUT2D eigenvalue weighted by Gasteiger charge is 2.27. The average molecular weight is 435 g/mol. The molecule has 1 aromatic rings. The Labute approximate surface area is 181 Å². The predicted molar refractivity (Wildman–Crippen MR) is 115 cm³/mol. The molecule has 4 N–H and O–H groups in total. The lowest BCUT2D eigenvalue weighted by atomic mass is 10.0. The molecule has 0 aliphatic heterocycles. The number of rotatable bonds is 12. The molecule has 3 amide bonds. The fourth-order valence-corrected chi connectivity index (χ4v) is 2.98. The first-order chi connectivity index (χ1) is 14.5. The number of hydrogen-bond acceptors (Lipinski definition) is 5. The van der Waals surface area contributed by atoms with E-state index in [0.717, 1.165) is 0 Å². The van der Waals surface area contributed by atoms with Crippen molar-refractivity contribution in [3.63, 3.8) is 0 Å². The van der Waals surface area contributed by atoms with Crippen LogP contribution in [0.1, 0.15) is 51.2 Å². The van der Waals surface area contributed by atoms with Gasteiger partial charge in [-0.2, -0.15) is 0 Å². The molecule has 0 heterocycles. The SMILES string of the molecule is CC(=O)N[C@@H](CC(C)C)C(=O)N[C@@H](CCC(=O)C=N)C(=O)NCc1ccc(F)c(C)c1. The van der Waals surface area contributed by atoms with E-state index in [1.165, 1.54) is 13.0 Å². The molecular formula is C22H31FN4O4. The fraction of sp³-hybridized carbons (Fsp3) is 0.500. The fourth-order valence-electron chi connectivity index (χ4n) is 2.98. The Bertz CT molecular complexity index is 826. The Morgan fingerprint density at radius 3 is 2.32 bits per heavy atom. The summed E-state index contributed by atoms with van der Waals surface area (Å²) >= 11 is 0. The summed E-state index contributed by atoms with van der Waals surface area (Å²) in [5, 5.41) is 14.9. The third-order valence-electron chi connectivity index (χ3n) is 4.56. The number of Topliss-reactive ketones (excluding diaryl/α,β-unsaturated/α-hetero) is 1. The number of carbonyl (C=O) groups excluding carboxylic acids is 4. The highest BCUT2D eigenvalue weighted by molar-refractivity contribution is 6.26. The van der Waals surface area contributed by atoms with E-state index in [0.29, 0.717) is 23.8 Å². The van der Waals surface area contributed by atoms with Gasteiger partial charge in [-0.15, -0.1) is 0 Å². The minimum Gasteiger partial charge on any atom is -0.350 e. The van der Waals surface area contributed by atoms with Crippen LogP contribution in [0.2, 0.25) is 0 Å². The lowest BCUT2D eigenvalue weighted by Gasteiger charge is -2.23. The molecule has 0 saturated heterocycles. The predicted octanol–water partition coefficient (Wildman–Crippen LogP) is 1.78. The summed E-state index contributed by atoms with van der Waals surface area (Å²) in [7, 11) is 0. The second kappa shape index (κ2) is 12.6. The summed E-state index contributed by atoms with van der Waals surface area (Å²) in [6, 6.07) is 2.62. The van der Waals surface area contributed by atoms with Gasteiger partial charge in [0.15, 0.2) is 5.78 Å². The molecule has 1 aromatic carbocycles. The van der Waals surface area contributed by atoms with Crippen molar-refractivity contribution in [3.05, 3.63) is 35.1 Å². The summed E-state index contributed by atoms with van der Waals surface area (Å²) in [4.78, 5) is 48.4. The number of carbonyl (C=O) groups is 4. The van der Waals surface area contributed by atoms with Crippen molar-refractivity contribution in [3.8, 4) is 0 Å². The van der Waals surface area contributed by atoms with Gasteiger partial charge in [-0.25, -0.2) is 4.39 Å². The number of amides is 3. The molecule has 2 atom stereocenters. The first-order valence-electron chi connectivity index (χ1n) is 10.2. The lowest BCUT2D eigenvalue weighted by molar-refractivity contribution is -0.132. The number of nitrogens with one attached hydrogen (secondary N) is 4. The summed E-state index contributed by atoms with van der Waals surface area (Å²) in [6.07, 6.45) is 0.959. The lowest BCUT2D eigenvalue weighted by Crippen LogP contribution is -2.53. The zero-order valence-corrected chi connectivity index (χ0v) is 18.4. The van der Waals surface area contributed by atoms with Gasteiger partial charge in [0, 0.05) is 19.9 Å². The Balaban J connectivity index is 2.89. The van der Waals surface area contributed by atoms with Crippen molar-refractivity contribution in [1.29, 1.82) is 5.41 Å². The maximum absolute atomic E-state index is 13.4. The van der Waals surface area contributed by atoms with E-state index in [2.05, 4.69) is 16.0 Å². The normalized spacial score (nSPS) is 12.6. The second-order valence-electron chi connectivity index (χ2n) is 7.89. The molecule has 0 aromatic heterocycles. The number of ketones is 1. The molecule has 0 fully saturated rings. The minimum atomic E-state index is -1.03. The van der Waals surface area contributed by atoms with E-state index < -0.39 is 29.7 Å². The Hall–Kier alpha value is -3.10. The number of halogens is 1. The van der Waals surface area contributed by atoms with Crippen molar-refractivity contribution in [2.24, 2.45) is 5.92 Å². The van der Waals surface area contributed by atoms with Crippen LogP contribution in [-0.4, -0.2) is 41.8 Å². The number of hydrogen-bond donors (Lipinski definition) is 4. The minimum absolute atomic E-state index is 0.00268. The van der Waals surface area contributed by atoms with E-state index in [1.807, 2.05) is 13.8 Å². The molecule has 0 unspecified atom stereocenters. The number of benzene rings is 1. The van der Waals surface area contributed by atoms with E-state index in [4.69, 9.17) is 5.41 Å². The summed E-state index contributed by atoms with van der Waals surface area (Å²) < 4.78 is 13.4. The second-order valence-corrected chi connectivity index (χ2v) is 7.89. The third-order valence-corrected chi connectivity index (χ3v) is 4.56. The highest BCUT2D eigenvalue weighted by atomic mass is 19.1. The molecule has 0 spiro atoms. The van der Waals surface area contributed by atoms with Crippen molar-refractivity contribution in [1.82, 2.24) is 16.0 Å². The van der Waals surface area contributed by atoms with Gasteiger partial charge >= 0.3 is 0 Å². The summed E-state index contributed by atoms with van der Waals surface area (Å²) in [6.45, 7) is 6.84. The van der Waals surface area contributed by atoms with Gasteiger partial charge in [-0.05, 0) is 42.9 Å². The van der Waals surface area contributed by atoms with Gasteiger partial charge in [-0.1, -0.05) is 26.0 Å². The topological polar surface area (TPSA) is 128 Å². The quantitative estimate of drug-likeness (QED) is 0.374. The van der Waals surface area contributed by atoms with Crippen LogP contribution in [0.3, 0.4) is 0 Å². The molecule has 31 heavy (non-hydrogen) atoms. The molecule has 0 aliphatic rings. The zero-order valence-electron chi connectivity index (χ0n) is 18.4. The molecule has 0 bridgehead atoms. The molecular weight excluding hydrogens is 403 g/mol. The van der Waals surface area contributed by atoms with E-state index in [9.17, 15) is 23.6 Å². The maximum atomic E-state index is 13.4. The van der Waals surface area contributed by atoms with Crippen LogP contribution in [-0.2, 0) is 25.7 Å². The average Bonchev–Trinajstić information content (AvgIpc) is 2.69. The van der Waals surface area contributed by atoms with Crippen LogP contribution in [0.15, 0.2) is 18.2 Å². The van der Waals surface area contributed by atoms with Gasteiger partial charge in [0.05, 0.1) is 6.21 Å². The first-order valence-corrected chi connectivity index (χ1v) is 10.2. The molecule has 0 radical (unpaired) electrons. The molecule has 1 rings (SSSR count). The van der Waals surface area contributed by atoms with Crippen molar-refractivity contribution in [2.75, 3.05) is 0 Å². The van der Waals surface area contributed by atoms with Crippen LogP contribution >= 0.6 is 0 Å². The Morgan fingerprint density at radius 2 is 1.77 bits per heavy atom. The Morgan fingerprint density at radius 1 is 1.10 bits per heavy atom. The van der Waals surface area contributed by atoms with Crippen molar-refractivity contribution >= 4 is 29.7 Å². The van der Waals surface area contributed by atoms with Crippen LogP contribution in [0.25, 0.3) is 0 Å². The first kappa shape index (κ1) is 25.9. The highest BCUT2D eigenvalue weighted by Crippen LogP contribution is 2.10. The summed E-state index contributed by atoms with van der Waals surface area (Å²) in [5.74, 6) is -2.10. The third kappa shape index (κ3) is 9.50. The Kier molecular flexibility index (Phi) is 10.5. The molecule has 0 aliphatic carbocycles. The van der Waals surface area contributed by atoms with Crippen LogP contribution in [0.4, 0.5) is 4.39 Å². The standard InChI is InChI=1S/C22H31FN4O4/c1-13(2)9-20(26-15(4)28)22(31)27-19(8-6-17(29)11-24)21(30)25-12-16-5-7-18(23)14(3)10-16/h5,7,10-11,13,19-20,24H,6,8-9,12H2,1-4H3,(H,25,30)(H,26,28)(H,27,31)/t19-,20-/m0/s1. The van der Waals surface area contributed by atoms with Crippen molar-refractivity contribution < 1.29 is 23.6 Å². The van der Waals surface area contributed by atoms with Crippen LogP contribution in [0, 0.1) is 24.1 Å². The van der Waals surface area contributed by atoms with Gasteiger partial charge in [0.2, 0.25) is 17.7 Å². The zero-order chi connectivity index (χ0) is 23.6. The van der Waals surface area contributed by atoms with Gasteiger partial charge < -0.3 is 21.4 Å². The van der Waals surface area contributed by atoms with Crippen LogP contribution < -0.4 is 16.0 Å². The van der Waals surface area contributed by atoms with E-state index in [-0.39, 0.29) is 37.0 Å². The molecule has 170 valence electrons. The number of aryl methyl sites for hydroxylation is 1. The van der Waals surface area contributed by atoms with Gasteiger partial charge in [0.1, 0.15) is 17.9 Å². The van der Waals surface area contributed by atoms with Gasteiger partial charge in [0.25, 0.3) is 0 Å². The smallest absolute Gasteiger partial charge is 0.243 e.